The number of nitrogens with zero attached hydrogens (tertiary/aromatic N) is 2. The van der Waals surface area contributed by atoms with Crippen LogP contribution in [0.2, 0.25) is 0 Å². The molecule has 1 aromatic heterocycles. The average Bonchev–Trinajstić information content (AvgIpc) is 2.33. The summed E-state index contributed by atoms with van der Waals surface area (Å²) < 4.78 is 2.61. The van der Waals surface area contributed by atoms with Crippen LogP contribution >= 0.6 is 15.9 Å². The van der Waals surface area contributed by atoms with Crippen LogP contribution in [0.1, 0.15) is 11.4 Å². The Morgan fingerprint density at radius 1 is 1.64 bits per heavy atom. The van der Waals surface area contributed by atoms with E-state index in [2.05, 4.69) is 21.0 Å². The van der Waals surface area contributed by atoms with Gasteiger partial charge in [0.1, 0.15) is 6.04 Å². The molecule has 5 nitrogen and oxygen atoms in total. The van der Waals surface area contributed by atoms with E-state index in [9.17, 15) is 4.79 Å². The SMILES string of the molecule is Cc1nn(CC(N)C(N)=O)c(C)c1Br. The van der Waals surface area contributed by atoms with E-state index in [0.29, 0.717) is 6.54 Å². The van der Waals surface area contributed by atoms with Crippen molar-refractivity contribution in [3.63, 3.8) is 0 Å². The van der Waals surface area contributed by atoms with Gasteiger partial charge in [0.05, 0.1) is 16.7 Å². The predicted octanol–water partition coefficient (Wildman–Crippen LogP) is 0.0750. The van der Waals surface area contributed by atoms with E-state index in [1.165, 1.54) is 0 Å². The normalized spacial score (nSPS) is 12.9. The Morgan fingerprint density at radius 3 is 2.57 bits per heavy atom. The first kappa shape index (κ1) is 11.2. The lowest BCUT2D eigenvalue weighted by Gasteiger charge is -2.08. The molecule has 0 aliphatic heterocycles. The number of aryl methyl sites for hydroxylation is 1. The van der Waals surface area contributed by atoms with Crippen molar-refractivity contribution in [2.24, 2.45) is 11.5 Å². The van der Waals surface area contributed by atoms with Crippen molar-refractivity contribution in [3.05, 3.63) is 15.9 Å². The molecule has 1 heterocycles. The van der Waals surface area contributed by atoms with Gasteiger partial charge in [-0.15, -0.1) is 0 Å². The maximum Gasteiger partial charge on any atom is 0.236 e. The number of halogens is 1. The number of carbonyl (C=O) groups is 1. The van der Waals surface area contributed by atoms with E-state index < -0.39 is 11.9 Å². The molecule has 0 saturated carbocycles. The van der Waals surface area contributed by atoms with Crippen molar-refractivity contribution in [3.8, 4) is 0 Å². The Morgan fingerprint density at radius 2 is 2.21 bits per heavy atom. The Hall–Kier alpha value is -0.880. The summed E-state index contributed by atoms with van der Waals surface area (Å²) in [5.41, 5.74) is 12.4. The summed E-state index contributed by atoms with van der Waals surface area (Å²) >= 11 is 3.39. The number of primary amides is 1. The molecule has 14 heavy (non-hydrogen) atoms. The van der Waals surface area contributed by atoms with E-state index in [1.54, 1.807) is 4.68 Å². The monoisotopic (exact) mass is 260 g/mol. The lowest BCUT2D eigenvalue weighted by atomic mass is 10.3. The van der Waals surface area contributed by atoms with Crippen molar-refractivity contribution in [1.82, 2.24) is 9.78 Å². The summed E-state index contributed by atoms with van der Waals surface area (Å²) in [4.78, 5) is 10.8. The Bertz CT molecular complexity index is 360. The molecule has 0 saturated heterocycles. The molecule has 6 heteroatoms. The minimum absolute atomic E-state index is 0.313. The van der Waals surface area contributed by atoms with E-state index in [0.717, 1.165) is 15.9 Å². The van der Waals surface area contributed by atoms with Gasteiger partial charge in [-0.25, -0.2) is 0 Å². The topological polar surface area (TPSA) is 86.9 Å². The van der Waals surface area contributed by atoms with E-state index in [1.807, 2.05) is 13.8 Å². The van der Waals surface area contributed by atoms with Crippen molar-refractivity contribution in [2.75, 3.05) is 0 Å². The minimum Gasteiger partial charge on any atom is -0.368 e. The summed E-state index contributed by atoms with van der Waals surface area (Å²) in [6.07, 6.45) is 0. The highest BCUT2D eigenvalue weighted by Gasteiger charge is 2.14. The smallest absolute Gasteiger partial charge is 0.236 e. The molecule has 78 valence electrons. The summed E-state index contributed by atoms with van der Waals surface area (Å²) in [5, 5.41) is 4.21. The van der Waals surface area contributed by atoms with E-state index >= 15 is 0 Å². The molecule has 0 bridgehead atoms. The fourth-order valence-electron chi connectivity index (χ4n) is 1.13. The van der Waals surface area contributed by atoms with Gasteiger partial charge in [-0.3, -0.25) is 9.48 Å². The van der Waals surface area contributed by atoms with Crippen molar-refractivity contribution < 1.29 is 4.79 Å². The quantitative estimate of drug-likeness (QED) is 0.807. The zero-order valence-corrected chi connectivity index (χ0v) is 9.71. The van der Waals surface area contributed by atoms with Gasteiger partial charge in [-0.2, -0.15) is 5.10 Å². The van der Waals surface area contributed by atoms with Gasteiger partial charge in [0.2, 0.25) is 5.91 Å². The second-order valence-electron chi connectivity index (χ2n) is 3.18. The largest absolute Gasteiger partial charge is 0.368 e. The number of rotatable bonds is 3. The third-order valence-corrected chi connectivity index (χ3v) is 3.18. The third-order valence-electron chi connectivity index (χ3n) is 2.03. The van der Waals surface area contributed by atoms with Crippen molar-refractivity contribution in [2.45, 2.75) is 26.4 Å². The van der Waals surface area contributed by atoms with Crippen LogP contribution in [0.3, 0.4) is 0 Å². The molecule has 0 radical (unpaired) electrons. The van der Waals surface area contributed by atoms with Crippen molar-refractivity contribution in [1.29, 1.82) is 0 Å². The summed E-state index contributed by atoms with van der Waals surface area (Å²) in [5.74, 6) is -0.520. The van der Waals surface area contributed by atoms with Gasteiger partial charge in [0.15, 0.2) is 0 Å². The Balaban J connectivity index is 2.87. The highest BCUT2D eigenvalue weighted by atomic mass is 79.9. The Labute approximate surface area is 90.6 Å². The molecule has 0 spiro atoms. The third kappa shape index (κ3) is 2.13. The van der Waals surface area contributed by atoms with Gasteiger partial charge in [0, 0.05) is 5.69 Å². The molecule has 1 unspecified atom stereocenters. The first-order valence-electron chi connectivity index (χ1n) is 4.18. The number of aromatic nitrogens is 2. The first-order chi connectivity index (χ1) is 6.43. The van der Waals surface area contributed by atoms with E-state index in [4.69, 9.17) is 11.5 Å². The van der Waals surface area contributed by atoms with Gasteiger partial charge >= 0.3 is 0 Å². The standard InChI is InChI=1S/C8H13BrN4O/c1-4-7(9)5(2)13(12-4)3-6(10)8(11)14/h6H,3,10H2,1-2H3,(H2,11,14). The van der Waals surface area contributed by atoms with Crippen LogP contribution in [0.25, 0.3) is 0 Å². The fraction of sp³-hybridized carbons (Fsp3) is 0.500. The van der Waals surface area contributed by atoms with Crippen LogP contribution in [0, 0.1) is 13.8 Å². The second kappa shape index (κ2) is 4.10. The minimum atomic E-state index is -0.695. The number of nitrogens with two attached hydrogens (primary N) is 2. The molecular formula is C8H13BrN4O. The molecule has 0 aliphatic rings. The lowest BCUT2D eigenvalue weighted by molar-refractivity contribution is -0.119. The van der Waals surface area contributed by atoms with Crippen LogP contribution in [-0.2, 0) is 11.3 Å². The van der Waals surface area contributed by atoms with Gasteiger partial charge in [0.25, 0.3) is 0 Å². The summed E-state index contributed by atoms with van der Waals surface area (Å²) in [7, 11) is 0. The average molecular weight is 261 g/mol. The highest BCUT2D eigenvalue weighted by Crippen LogP contribution is 2.19. The van der Waals surface area contributed by atoms with Crippen LogP contribution in [-0.4, -0.2) is 21.7 Å². The number of amides is 1. The molecule has 4 N–H and O–H groups in total. The predicted molar refractivity (Wildman–Crippen MR) is 56.6 cm³/mol. The lowest BCUT2D eigenvalue weighted by Crippen LogP contribution is -2.40. The zero-order chi connectivity index (χ0) is 10.9. The molecule has 1 amide bonds. The zero-order valence-electron chi connectivity index (χ0n) is 8.12. The summed E-state index contributed by atoms with van der Waals surface area (Å²) in [6, 6.07) is -0.695. The molecule has 0 aromatic carbocycles. The number of carbonyl (C=O) groups excluding carboxylic acids is 1. The van der Waals surface area contributed by atoms with Gasteiger partial charge in [-0.05, 0) is 29.8 Å². The van der Waals surface area contributed by atoms with E-state index in [-0.39, 0.29) is 0 Å². The molecule has 0 fully saturated rings. The molecule has 0 aliphatic carbocycles. The maximum absolute atomic E-state index is 10.8. The Kier molecular flexibility index (Phi) is 3.28. The highest BCUT2D eigenvalue weighted by molar-refractivity contribution is 9.10. The van der Waals surface area contributed by atoms with Crippen LogP contribution in [0.4, 0.5) is 0 Å². The van der Waals surface area contributed by atoms with Gasteiger partial charge < -0.3 is 11.5 Å². The molecule has 1 atom stereocenters. The molecule has 1 aromatic rings. The molecular weight excluding hydrogens is 248 g/mol. The number of hydrogen-bond donors (Lipinski definition) is 2. The van der Waals surface area contributed by atoms with Gasteiger partial charge in [-0.1, -0.05) is 0 Å². The van der Waals surface area contributed by atoms with Crippen LogP contribution in [0.15, 0.2) is 4.47 Å². The second-order valence-corrected chi connectivity index (χ2v) is 3.97. The van der Waals surface area contributed by atoms with Crippen LogP contribution < -0.4 is 11.5 Å². The fourth-order valence-corrected chi connectivity index (χ4v) is 1.41. The summed E-state index contributed by atoms with van der Waals surface area (Å²) in [6.45, 7) is 4.09. The first-order valence-corrected chi connectivity index (χ1v) is 4.97. The van der Waals surface area contributed by atoms with Crippen LogP contribution in [0.5, 0.6) is 0 Å². The molecule has 1 rings (SSSR count). The number of hydrogen-bond acceptors (Lipinski definition) is 3. The maximum atomic E-state index is 10.8. The van der Waals surface area contributed by atoms with Crippen molar-refractivity contribution >= 4 is 21.8 Å².